The van der Waals surface area contributed by atoms with Crippen LogP contribution in [0.1, 0.15) is 55.0 Å². The molecule has 3 aliphatic heterocycles. The smallest absolute Gasteiger partial charge is 0.262 e. The fourth-order valence-electron chi connectivity index (χ4n) is 7.14. The number of carbonyl (C=O) groups is 2. The summed E-state index contributed by atoms with van der Waals surface area (Å²) in [5.41, 5.74) is 0.522. The molecule has 0 radical (unpaired) electrons. The quantitative estimate of drug-likeness (QED) is 0.308. The summed E-state index contributed by atoms with van der Waals surface area (Å²) in [7, 11) is -0.406. The second-order valence-corrected chi connectivity index (χ2v) is 16.3. The van der Waals surface area contributed by atoms with E-state index >= 15 is 4.79 Å². The maximum absolute atomic E-state index is 15.3. The van der Waals surface area contributed by atoms with Crippen molar-refractivity contribution in [3.63, 3.8) is 0 Å². The first kappa shape index (κ1) is 37.5. The summed E-state index contributed by atoms with van der Waals surface area (Å²) >= 11 is 12.6. The lowest BCUT2D eigenvalue weighted by Crippen LogP contribution is -2.62. The number of ether oxygens (including phenoxy) is 1. The first-order valence-electron chi connectivity index (χ1n) is 17.5. The number of sulfonamides is 1. The molecule has 11 nitrogen and oxygen atoms in total. The van der Waals surface area contributed by atoms with E-state index in [2.05, 4.69) is 10.6 Å². The highest BCUT2D eigenvalue weighted by molar-refractivity contribution is 7.89. The highest BCUT2D eigenvalue weighted by Crippen LogP contribution is 2.45. The number of halogens is 2. The largest absolute Gasteiger partial charge is 0.493 e. The van der Waals surface area contributed by atoms with Crippen molar-refractivity contribution < 1.29 is 22.7 Å². The molecule has 3 aliphatic rings. The summed E-state index contributed by atoms with van der Waals surface area (Å²) in [5, 5.41) is 8.54. The van der Waals surface area contributed by atoms with Crippen LogP contribution in [0.3, 0.4) is 0 Å². The van der Waals surface area contributed by atoms with Crippen LogP contribution in [0.4, 0.5) is 0 Å². The van der Waals surface area contributed by atoms with E-state index in [0.717, 1.165) is 30.4 Å². The molecule has 0 aromatic heterocycles. The lowest BCUT2D eigenvalue weighted by Gasteiger charge is -2.40. The predicted octanol–water partition coefficient (Wildman–Crippen LogP) is 4.63. The van der Waals surface area contributed by atoms with Gasteiger partial charge in [0.05, 0.1) is 30.1 Å². The van der Waals surface area contributed by atoms with Gasteiger partial charge in [0.1, 0.15) is 5.75 Å². The average molecular weight is 758 g/mol. The molecule has 0 spiro atoms. The molecule has 3 aromatic rings. The molecule has 274 valence electrons. The van der Waals surface area contributed by atoms with Crippen molar-refractivity contribution in [3.05, 3.63) is 93.5 Å². The fourth-order valence-corrected chi connectivity index (χ4v) is 8.93. The maximum Gasteiger partial charge on any atom is 0.262 e. The molecule has 3 fully saturated rings. The number of nitrogens with zero attached hydrogens (tertiary/aromatic N) is 4. The van der Waals surface area contributed by atoms with Gasteiger partial charge in [-0.25, -0.2) is 8.42 Å². The topological polar surface area (TPSA) is 115 Å². The highest BCUT2D eigenvalue weighted by Gasteiger charge is 2.55. The van der Waals surface area contributed by atoms with Gasteiger partial charge in [-0.2, -0.15) is 4.31 Å². The van der Waals surface area contributed by atoms with Gasteiger partial charge in [-0.15, -0.1) is 0 Å². The van der Waals surface area contributed by atoms with E-state index in [9.17, 15) is 13.2 Å². The number of benzene rings is 3. The Kier molecular flexibility index (Phi) is 11.6. The Morgan fingerprint density at radius 1 is 0.824 bits per heavy atom. The molecule has 3 saturated heterocycles. The van der Waals surface area contributed by atoms with Gasteiger partial charge in [0, 0.05) is 69.0 Å². The van der Waals surface area contributed by atoms with Gasteiger partial charge in [0.2, 0.25) is 15.9 Å². The SMILES string of the molecule is CCOc1ccc(S(=O)(=O)N2CCCCC2)cc1C1(C(=O)N2CCN(CC(=O)N(C)C)CC2)NC(c2ccc(Cl)cc2)C(c2ccc(Cl)cc2)N1. The lowest BCUT2D eigenvalue weighted by atomic mass is 9.95. The van der Waals surface area contributed by atoms with Crippen LogP contribution in [-0.4, -0.2) is 106 Å². The second-order valence-electron chi connectivity index (χ2n) is 13.5. The Balaban J connectivity index is 1.48. The van der Waals surface area contributed by atoms with E-state index in [0.29, 0.717) is 67.2 Å². The first-order chi connectivity index (χ1) is 24.4. The summed E-state index contributed by atoms with van der Waals surface area (Å²) in [6.45, 7) is 5.07. The Hall–Kier alpha value is -3.23. The van der Waals surface area contributed by atoms with Crippen LogP contribution < -0.4 is 15.4 Å². The third-order valence-corrected chi connectivity index (χ3v) is 12.4. The van der Waals surface area contributed by atoms with Crippen molar-refractivity contribution in [3.8, 4) is 5.75 Å². The van der Waals surface area contributed by atoms with Crippen molar-refractivity contribution in [2.75, 3.05) is 66.5 Å². The molecular formula is C37H46Cl2N6O5S. The summed E-state index contributed by atoms with van der Waals surface area (Å²) in [6.07, 6.45) is 2.58. The number of rotatable bonds is 10. The van der Waals surface area contributed by atoms with Crippen molar-refractivity contribution in [1.82, 2.24) is 29.6 Å². The number of hydrogen-bond donors (Lipinski definition) is 2. The fraction of sp³-hybridized carbons (Fsp3) is 0.459. The minimum absolute atomic E-state index is 0.00456. The lowest BCUT2D eigenvalue weighted by molar-refractivity contribution is -0.142. The highest BCUT2D eigenvalue weighted by atomic mass is 35.5. The number of hydrogen-bond acceptors (Lipinski definition) is 8. The van der Waals surface area contributed by atoms with Crippen LogP contribution in [0.15, 0.2) is 71.6 Å². The monoisotopic (exact) mass is 756 g/mol. The Labute approximate surface area is 310 Å². The molecule has 51 heavy (non-hydrogen) atoms. The molecular weight excluding hydrogens is 711 g/mol. The zero-order valence-corrected chi connectivity index (χ0v) is 31.6. The van der Waals surface area contributed by atoms with Crippen molar-refractivity contribution in [1.29, 1.82) is 0 Å². The van der Waals surface area contributed by atoms with Crippen LogP contribution in [-0.2, 0) is 25.3 Å². The van der Waals surface area contributed by atoms with Gasteiger partial charge in [0.15, 0.2) is 5.66 Å². The summed E-state index contributed by atoms with van der Waals surface area (Å²) in [5.74, 6) is 0.116. The normalized spacial score (nSPS) is 23.3. The van der Waals surface area contributed by atoms with Gasteiger partial charge >= 0.3 is 0 Å². The molecule has 0 aliphatic carbocycles. The van der Waals surface area contributed by atoms with Crippen LogP contribution >= 0.6 is 23.2 Å². The van der Waals surface area contributed by atoms with E-state index in [1.807, 2.05) is 60.4 Å². The molecule has 0 saturated carbocycles. The van der Waals surface area contributed by atoms with Gasteiger partial charge in [-0.1, -0.05) is 53.9 Å². The average Bonchev–Trinajstić information content (AvgIpc) is 3.54. The van der Waals surface area contributed by atoms with E-state index in [-0.39, 0.29) is 23.3 Å². The zero-order chi connectivity index (χ0) is 36.3. The van der Waals surface area contributed by atoms with Crippen LogP contribution in [0, 0.1) is 0 Å². The number of likely N-dealkylation sites (N-methyl/N-ethyl adjacent to an activating group) is 1. The van der Waals surface area contributed by atoms with Gasteiger partial charge < -0.3 is 14.5 Å². The molecule has 2 N–H and O–H groups in total. The Bertz CT molecular complexity index is 1760. The van der Waals surface area contributed by atoms with E-state index in [4.69, 9.17) is 27.9 Å². The van der Waals surface area contributed by atoms with Crippen molar-refractivity contribution in [2.45, 2.75) is 48.8 Å². The molecule has 14 heteroatoms. The summed E-state index contributed by atoms with van der Waals surface area (Å²) < 4.78 is 35.9. The second kappa shape index (κ2) is 15.8. The number of amides is 2. The molecule has 2 atom stereocenters. The van der Waals surface area contributed by atoms with Crippen LogP contribution in [0.5, 0.6) is 5.75 Å². The van der Waals surface area contributed by atoms with Crippen LogP contribution in [0.25, 0.3) is 0 Å². The van der Waals surface area contributed by atoms with Crippen LogP contribution in [0.2, 0.25) is 10.0 Å². The predicted molar refractivity (Wildman–Crippen MR) is 198 cm³/mol. The summed E-state index contributed by atoms with van der Waals surface area (Å²) in [4.78, 5) is 33.3. The number of nitrogens with one attached hydrogen (secondary N) is 2. The molecule has 2 amide bonds. The molecule has 3 heterocycles. The minimum atomic E-state index is -3.86. The third kappa shape index (κ3) is 7.92. The van der Waals surface area contributed by atoms with Gasteiger partial charge in [0.25, 0.3) is 5.91 Å². The number of piperazine rings is 1. The van der Waals surface area contributed by atoms with Gasteiger partial charge in [-0.3, -0.25) is 25.1 Å². The zero-order valence-electron chi connectivity index (χ0n) is 29.3. The number of carbonyl (C=O) groups excluding carboxylic acids is 2. The van der Waals surface area contributed by atoms with Crippen molar-refractivity contribution >= 4 is 45.0 Å². The molecule has 6 rings (SSSR count). The van der Waals surface area contributed by atoms with E-state index in [1.54, 1.807) is 42.1 Å². The standard InChI is InChI=1S/C37H46Cl2N6O5S/c1-4-50-32-17-16-30(51(48,49)45-18-6-5-7-19-45)24-31(32)37(36(47)44-22-20-43(21-23-44)25-33(46)42(2)3)40-34(26-8-12-28(38)13-9-26)35(41-37)27-10-14-29(39)15-11-27/h8-17,24,34-35,40-41H,4-7,18-23,25H2,1-3H3. The molecule has 3 aromatic carbocycles. The molecule has 0 bridgehead atoms. The van der Waals surface area contributed by atoms with E-state index < -0.39 is 27.8 Å². The third-order valence-electron chi connectivity index (χ3n) is 9.98. The van der Waals surface area contributed by atoms with E-state index in [1.165, 1.54) is 4.31 Å². The first-order valence-corrected chi connectivity index (χ1v) is 19.7. The molecule has 2 unspecified atom stereocenters. The minimum Gasteiger partial charge on any atom is -0.493 e. The maximum atomic E-state index is 15.3. The van der Waals surface area contributed by atoms with Gasteiger partial charge in [-0.05, 0) is 73.4 Å². The van der Waals surface area contributed by atoms with Crippen molar-refractivity contribution in [2.24, 2.45) is 0 Å². The Morgan fingerprint density at radius 3 is 1.88 bits per heavy atom. The Morgan fingerprint density at radius 2 is 1.37 bits per heavy atom. The number of piperidine rings is 1. The summed E-state index contributed by atoms with van der Waals surface area (Å²) in [6, 6.07) is 18.8.